The maximum atomic E-state index is 11.2. The second kappa shape index (κ2) is 8.32. The average Bonchev–Trinajstić information content (AvgIpc) is 2.54. The third-order valence-electron chi connectivity index (χ3n) is 3.59. The minimum atomic E-state index is -0.417. The summed E-state index contributed by atoms with van der Waals surface area (Å²) >= 11 is 0. The summed E-state index contributed by atoms with van der Waals surface area (Å²) in [7, 11) is 0. The van der Waals surface area contributed by atoms with Crippen LogP contribution in [-0.2, 0) is 13.0 Å². The Morgan fingerprint density at radius 3 is 2.41 bits per heavy atom. The van der Waals surface area contributed by atoms with Crippen LogP contribution < -0.4 is 5.73 Å². The molecule has 0 saturated carbocycles. The first-order chi connectivity index (χ1) is 10.7. The minimum absolute atomic E-state index is 0.115. The average molecular weight is 298 g/mol. The van der Waals surface area contributed by atoms with Crippen molar-refractivity contribution in [2.45, 2.75) is 13.0 Å². The summed E-state index contributed by atoms with van der Waals surface area (Å²) in [6, 6.07) is 17.6. The number of carbonyl (C=O) groups excluding carboxylic acids is 1. The Morgan fingerprint density at radius 1 is 1.00 bits per heavy atom. The van der Waals surface area contributed by atoms with Gasteiger partial charge >= 0.3 is 0 Å². The molecule has 0 fully saturated rings. The van der Waals surface area contributed by atoms with Gasteiger partial charge in [0.1, 0.15) is 0 Å². The first kappa shape index (κ1) is 16.2. The standard InChI is InChI=1S/C18H22N2O2/c19-18(22)17-8-4-7-16(13-17)14-20(11-12-21)10-9-15-5-2-1-3-6-15/h1-8,13,21H,9-12,14H2,(H2,19,22). The lowest BCUT2D eigenvalue weighted by atomic mass is 10.1. The molecule has 2 rings (SSSR count). The van der Waals surface area contributed by atoms with Crippen LogP contribution in [-0.4, -0.2) is 35.6 Å². The summed E-state index contributed by atoms with van der Waals surface area (Å²) in [6.45, 7) is 2.26. The van der Waals surface area contributed by atoms with Crippen molar-refractivity contribution >= 4 is 5.91 Å². The van der Waals surface area contributed by atoms with Crippen LogP contribution in [0.3, 0.4) is 0 Å². The maximum Gasteiger partial charge on any atom is 0.248 e. The van der Waals surface area contributed by atoms with Gasteiger partial charge in [-0.3, -0.25) is 9.69 Å². The number of primary amides is 1. The first-order valence-electron chi connectivity index (χ1n) is 7.45. The highest BCUT2D eigenvalue weighted by Gasteiger charge is 2.08. The van der Waals surface area contributed by atoms with Crippen LogP contribution in [0.4, 0.5) is 0 Å². The smallest absolute Gasteiger partial charge is 0.248 e. The lowest BCUT2D eigenvalue weighted by molar-refractivity contribution is 0.1000. The van der Waals surface area contributed by atoms with Gasteiger partial charge in [0.2, 0.25) is 5.91 Å². The van der Waals surface area contributed by atoms with Crippen molar-refractivity contribution in [1.29, 1.82) is 0 Å². The van der Waals surface area contributed by atoms with Crippen LogP contribution in [0.15, 0.2) is 54.6 Å². The summed E-state index contributed by atoms with van der Waals surface area (Å²) < 4.78 is 0. The number of nitrogens with zero attached hydrogens (tertiary/aromatic N) is 1. The summed E-state index contributed by atoms with van der Waals surface area (Å²) in [5, 5.41) is 9.24. The molecule has 0 aliphatic carbocycles. The van der Waals surface area contributed by atoms with Gasteiger partial charge in [0, 0.05) is 25.2 Å². The van der Waals surface area contributed by atoms with E-state index in [0.717, 1.165) is 18.5 Å². The first-order valence-corrected chi connectivity index (χ1v) is 7.45. The fourth-order valence-corrected chi connectivity index (χ4v) is 2.42. The van der Waals surface area contributed by atoms with Crippen LogP contribution in [0.5, 0.6) is 0 Å². The molecule has 0 bridgehead atoms. The molecule has 0 spiro atoms. The van der Waals surface area contributed by atoms with E-state index >= 15 is 0 Å². The van der Waals surface area contributed by atoms with Crippen molar-refractivity contribution in [1.82, 2.24) is 4.90 Å². The van der Waals surface area contributed by atoms with Gasteiger partial charge in [-0.15, -0.1) is 0 Å². The van der Waals surface area contributed by atoms with E-state index in [1.807, 2.05) is 36.4 Å². The lowest BCUT2D eigenvalue weighted by Gasteiger charge is -2.21. The van der Waals surface area contributed by atoms with Gasteiger partial charge in [0.15, 0.2) is 0 Å². The molecule has 0 saturated heterocycles. The zero-order valence-electron chi connectivity index (χ0n) is 12.6. The van der Waals surface area contributed by atoms with Crippen molar-refractivity contribution in [2.24, 2.45) is 5.73 Å². The molecule has 0 atom stereocenters. The van der Waals surface area contributed by atoms with Crippen LogP contribution >= 0.6 is 0 Å². The summed E-state index contributed by atoms with van der Waals surface area (Å²) in [6.07, 6.45) is 0.927. The fraction of sp³-hybridized carbons (Fsp3) is 0.278. The number of benzene rings is 2. The number of nitrogens with two attached hydrogens (primary N) is 1. The van der Waals surface area contributed by atoms with E-state index in [-0.39, 0.29) is 6.61 Å². The molecule has 0 radical (unpaired) electrons. The molecular weight excluding hydrogens is 276 g/mol. The molecule has 0 heterocycles. The molecule has 0 aromatic heterocycles. The third-order valence-corrected chi connectivity index (χ3v) is 3.59. The van der Waals surface area contributed by atoms with E-state index in [9.17, 15) is 9.90 Å². The number of aliphatic hydroxyl groups excluding tert-OH is 1. The van der Waals surface area contributed by atoms with Crippen molar-refractivity contribution in [3.8, 4) is 0 Å². The highest BCUT2D eigenvalue weighted by atomic mass is 16.3. The topological polar surface area (TPSA) is 66.6 Å². The molecule has 0 aliphatic heterocycles. The molecule has 2 aromatic rings. The zero-order valence-corrected chi connectivity index (χ0v) is 12.6. The SMILES string of the molecule is NC(=O)c1cccc(CN(CCO)CCc2ccccc2)c1. The Kier molecular flexibility index (Phi) is 6.13. The van der Waals surface area contributed by atoms with Gasteiger partial charge in [-0.25, -0.2) is 0 Å². The second-order valence-corrected chi connectivity index (χ2v) is 5.30. The van der Waals surface area contributed by atoms with E-state index in [1.165, 1.54) is 5.56 Å². The van der Waals surface area contributed by atoms with Crippen LogP contribution in [0.25, 0.3) is 0 Å². The monoisotopic (exact) mass is 298 g/mol. The molecule has 1 amide bonds. The number of rotatable bonds is 8. The van der Waals surface area contributed by atoms with Gasteiger partial charge in [-0.05, 0) is 29.7 Å². The molecule has 4 nitrogen and oxygen atoms in total. The predicted molar refractivity (Wildman–Crippen MR) is 87.5 cm³/mol. The van der Waals surface area contributed by atoms with E-state index < -0.39 is 5.91 Å². The van der Waals surface area contributed by atoms with Gasteiger partial charge < -0.3 is 10.8 Å². The molecule has 3 N–H and O–H groups in total. The molecule has 22 heavy (non-hydrogen) atoms. The molecule has 0 unspecified atom stereocenters. The van der Waals surface area contributed by atoms with E-state index in [1.54, 1.807) is 6.07 Å². The lowest BCUT2D eigenvalue weighted by Crippen LogP contribution is -2.28. The van der Waals surface area contributed by atoms with Crippen molar-refractivity contribution in [3.63, 3.8) is 0 Å². The molecule has 116 valence electrons. The molecule has 4 heteroatoms. The van der Waals surface area contributed by atoms with Gasteiger partial charge in [0.05, 0.1) is 6.61 Å². The Bertz CT molecular complexity index is 599. The van der Waals surface area contributed by atoms with Crippen LogP contribution in [0.2, 0.25) is 0 Å². The quantitative estimate of drug-likeness (QED) is 0.781. The normalized spacial score (nSPS) is 10.8. The fourth-order valence-electron chi connectivity index (χ4n) is 2.42. The molecular formula is C18H22N2O2. The van der Waals surface area contributed by atoms with Gasteiger partial charge in [0.25, 0.3) is 0 Å². The van der Waals surface area contributed by atoms with Crippen LogP contribution in [0.1, 0.15) is 21.5 Å². The number of aliphatic hydroxyl groups is 1. The Labute approximate surface area is 131 Å². The van der Waals surface area contributed by atoms with Crippen molar-refractivity contribution < 1.29 is 9.90 Å². The summed E-state index contributed by atoms with van der Waals surface area (Å²) in [5.41, 5.74) is 8.13. The van der Waals surface area contributed by atoms with Crippen molar-refractivity contribution in [3.05, 3.63) is 71.3 Å². The number of amides is 1. The molecule has 2 aromatic carbocycles. The van der Waals surface area contributed by atoms with Gasteiger partial charge in [-0.2, -0.15) is 0 Å². The summed E-state index contributed by atoms with van der Waals surface area (Å²) in [5.74, 6) is -0.417. The van der Waals surface area contributed by atoms with Crippen molar-refractivity contribution in [2.75, 3.05) is 19.7 Å². The van der Waals surface area contributed by atoms with E-state index in [0.29, 0.717) is 18.7 Å². The highest BCUT2D eigenvalue weighted by Crippen LogP contribution is 2.09. The van der Waals surface area contributed by atoms with E-state index in [4.69, 9.17) is 5.73 Å². The largest absolute Gasteiger partial charge is 0.395 e. The minimum Gasteiger partial charge on any atom is -0.395 e. The number of carbonyl (C=O) groups is 1. The Morgan fingerprint density at radius 2 is 1.73 bits per heavy atom. The summed E-state index contributed by atoms with van der Waals surface area (Å²) in [4.78, 5) is 13.4. The number of hydrogen-bond donors (Lipinski definition) is 2. The van der Waals surface area contributed by atoms with Gasteiger partial charge in [-0.1, -0.05) is 42.5 Å². The second-order valence-electron chi connectivity index (χ2n) is 5.30. The number of hydrogen-bond acceptors (Lipinski definition) is 3. The Balaban J connectivity index is 1.99. The van der Waals surface area contributed by atoms with Crippen LogP contribution in [0, 0.1) is 0 Å². The maximum absolute atomic E-state index is 11.2. The molecule has 0 aliphatic rings. The van der Waals surface area contributed by atoms with E-state index in [2.05, 4.69) is 17.0 Å². The zero-order chi connectivity index (χ0) is 15.8. The highest BCUT2D eigenvalue weighted by molar-refractivity contribution is 5.92. The third kappa shape index (κ3) is 4.98. The predicted octanol–water partition coefficient (Wildman–Crippen LogP) is 1.82. The Hall–Kier alpha value is -2.17.